The Morgan fingerprint density at radius 3 is 2.44 bits per heavy atom. The third-order valence-corrected chi connectivity index (χ3v) is 3.13. The van der Waals surface area contributed by atoms with Crippen LogP contribution in [0.3, 0.4) is 0 Å². The fourth-order valence-electron chi connectivity index (χ4n) is 2.06. The zero-order valence-corrected chi connectivity index (χ0v) is 10.3. The number of hydrogen-bond acceptors (Lipinski definition) is 2. The molecule has 4 nitrogen and oxygen atoms in total. The minimum atomic E-state index is -0.578. The number of nitrogens with zero attached hydrogens (tertiary/aromatic N) is 1. The van der Waals surface area contributed by atoms with Crippen LogP contribution < -0.4 is 10.2 Å². The van der Waals surface area contributed by atoms with Gasteiger partial charge in [0.05, 0.1) is 0 Å². The second kappa shape index (κ2) is 4.76. The third kappa shape index (κ3) is 2.08. The first-order valence-electron chi connectivity index (χ1n) is 5.93. The molecular weight excluding hydrogens is 235 g/mol. The molecule has 0 aliphatic carbocycles. The van der Waals surface area contributed by atoms with Crippen LogP contribution in [0.4, 0.5) is 10.1 Å². The Balaban J connectivity index is 2.36. The van der Waals surface area contributed by atoms with E-state index in [1.54, 1.807) is 6.92 Å². The Labute approximate surface area is 105 Å². The summed E-state index contributed by atoms with van der Waals surface area (Å²) >= 11 is 0. The number of rotatable bonds is 2. The number of nitrogens with one attached hydrogen (secondary N) is 1. The van der Waals surface area contributed by atoms with E-state index in [1.165, 1.54) is 29.2 Å². The van der Waals surface area contributed by atoms with E-state index in [2.05, 4.69) is 5.32 Å². The van der Waals surface area contributed by atoms with Gasteiger partial charge in [0, 0.05) is 5.69 Å². The van der Waals surface area contributed by atoms with Gasteiger partial charge in [-0.2, -0.15) is 0 Å². The number of anilines is 1. The molecule has 1 N–H and O–H groups in total. The molecule has 0 bridgehead atoms. The molecule has 1 aliphatic rings. The fourth-order valence-corrected chi connectivity index (χ4v) is 2.06. The predicted molar refractivity (Wildman–Crippen MR) is 65.6 cm³/mol. The molecule has 1 heterocycles. The molecule has 2 amide bonds. The molecule has 2 unspecified atom stereocenters. The van der Waals surface area contributed by atoms with Gasteiger partial charge in [0.15, 0.2) is 0 Å². The molecule has 18 heavy (non-hydrogen) atoms. The molecule has 0 aromatic heterocycles. The lowest BCUT2D eigenvalue weighted by atomic mass is 10.1. The van der Waals surface area contributed by atoms with Crippen molar-refractivity contribution in [3.8, 4) is 0 Å². The number of carbonyl (C=O) groups is 2. The number of hydrogen-bond donors (Lipinski definition) is 1. The van der Waals surface area contributed by atoms with E-state index >= 15 is 0 Å². The number of benzene rings is 1. The van der Waals surface area contributed by atoms with Gasteiger partial charge >= 0.3 is 0 Å². The normalized spacial score (nSPS) is 24.1. The van der Waals surface area contributed by atoms with Crippen LogP contribution in [-0.4, -0.2) is 23.9 Å². The summed E-state index contributed by atoms with van der Waals surface area (Å²) in [6.45, 7) is 3.49. The summed E-state index contributed by atoms with van der Waals surface area (Å²) in [4.78, 5) is 25.4. The van der Waals surface area contributed by atoms with Crippen LogP contribution in [0.15, 0.2) is 24.3 Å². The maximum Gasteiger partial charge on any atom is 0.250 e. The first-order chi connectivity index (χ1) is 8.54. The van der Waals surface area contributed by atoms with Crippen molar-refractivity contribution in [3.63, 3.8) is 0 Å². The summed E-state index contributed by atoms with van der Waals surface area (Å²) < 4.78 is 12.9. The van der Waals surface area contributed by atoms with Gasteiger partial charge in [0.2, 0.25) is 11.8 Å². The van der Waals surface area contributed by atoms with Crippen molar-refractivity contribution in [3.05, 3.63) is 30.1 Å². The first-order valence-corrected chi connectivity index (χ1v) is 5.93. The molecule has 0 radical (unpaired) electrons. The van der Waals surface area contributed by atoms with Crippen LogP contribution in [0.5, 0.6) is 0 Å². The van der Waals surface area contributed by atoms with Gasteiger partial charge in [-0.15, -0.1) is 0 Å². The van der Waals surface area contributed by atoms with Gasteiger partial charge in [-0.25, -0.2) is 4.39 Å². The second-order valence-corrected chi connectivity index (χ2v) is 4.33. The minimum Gasteiger partial charge on any atom is -0.343 e. The Morgan fingerprint density at radius 1 is 1.28 bits per heavy atom. The van der Waals surface area contributed by atoms with Gasteiger partial charge in [-0.3, -0.25) is 14.5 Å². The topological polar surface area (TPSA) is 49.4 Å². The molecule has 0 spiro atoms. The molecule has 1 aromatic carbocycles. The van der Waals surface area contributed by atoms with Crippen LogP contribution in [0.2, 0.25) is 0 Å². The van der Waals surface area contributed by atoms with E-state index in [-0.39, 0.29) is 17.6 Å². The van der Waals surface area contributed by atoms with Crippen molar-refractivity contribution < 1.29 is 14.0 Å². The van der Waals surface area contributed by atoms with Crippen molar-refractivity contribution in [2.24, 2.45) is 0 Å². The lowest BCUT2D eigenvalue weighted by molar-refractivity contribution is -0.133. The molecule has 1 saturated heterocycles. The Bertz CT molecular complexity index is 472. The van der Waals surface area contributed by atoms with E-state index in [9.17, 15) is 14.0 Å². The fraction of sp³-hybridized carbons (Fsp3) is 0.385. The molecule has 96 valence electrons. The van der Waals surface area contributed by atoms with Crippen molar-refractivity contribution >= 4 is 17.5 Å². The second-order valence-electron chi connectivity index (χ2n) is 4.33. The van der Waals surface area contributed by atoms with Crippen molar-refractivity contribution in [1.29, 1.82) is 0 Å². The molecule has 0 saturated carbocycles. The highest BCUT2D eigenvalue weighted by Gasteiger charge is 2.37. The highest BCUT2D eigenvalue weighted by molar-refractivity contribution is 6.08. The van der Waals surface area contributed by atoms with Gasteiger partial charge in [0.1, 0.15) is 17.9 Å². The molecule has 2 rings (SSSR count). The largest absolute Gasteiger partial charge is 0.343 e. The maximum atomic E-state index is 12.9. The molecular formula is C13H15FN2O2. The molecule has 5 heteroatoms. The van der Waals surface area contributed by atoms with Gasteiger partial charge < -0.3 is 5.32 Å². The van der Waals surface area contributed by atoms with Crippen LogP contribution in [0, 0.1) is 5.82 Å². The SMILES string of the molecule is CCC1NC(=O)C(C)N(c2ccc(F)cc2)C1=O. The lowest BCUT2D eigenvalue weighted by Gasteiger charge is -2.37. The summed E-state index contributed by atoms with van der Waals surface area (Å²) in [6.07, 6.45) is 0.537. The Hall–Kier alpha value is -1.91. The standard InChI is InChI=1S/C13H15FN2O2/c1-3-11-13(18)16(8(2)12(17)15-11)10-6-4-9(14)5-7-10/h4-8,11H,3H2,1-2H3,(H,15,17). The van der Waals surface area contributed by atoms with Crippen LogP contribution >= 0.6 is 0 Å². The summed E-state index contributed by atoms with van der Waals surface area (Å²) in [5.74, 6) is -0.714. The monoisotopic (exact) mass is 250 g/mol. The van der Waals surface area contributed by atoms with Gasteiger partial charge in [-0.1, -0.05) is 6.92 Å². The summed E-state index contributed by atoms with van der Waals surface area (Å²) in [6, 6.07) is 4.50. The van der Waals surface area contributed by atoms with E-state index in [4.69, 9.17) is 0 Å². The lowest BCUT2D eigenvalue weighted by Crippen LogP contribution is -2.62. The average molecular weight is 250 g/mol. The number of amides is 2. The average Bonchev–Trinajstić information content (AvgIpc) is 2.36. The van der Waals surface area contributed by atoms with E-state index in [1.807, 2.05) is 6.92 Å². The van der Waals surface area contributed by atoms with Crippen molar-refractivity contribution in [2.45, 2.75) is 32.4 Å². The van der Waals surface area contributed by atoms with Crippen LogP contribution in [0.25, 0.3) is 0 Å². The Kier molecular flexibility index (Phi) is 3.32. The molecule has 1 aliphatic heterocycles. The quantitative estimate of drug-likeness (QED) is 0.863. The number of carbonyl (C=O) groups excluding carboxylic acids is 2. The maximum absolute atomic E-state index is 12.9. The molecule has 2 atom stereocenters. The highest BCUT2D eigenvalue weighted by Crippen LogP contribution is 2.22. The van der Waals surface area contributed by atoms with E-state index in [0.29, 0.717) is 12.1 Å². The molecule has 1 fully saturated rings. The summed E-state index contributed by atoms with van der Waals surface area (Å²) in [5.41, 5.74) is 0.544. The summed E-state index contributed by atoms with van der Waals surface area (Å²) in [5, 5.41) is 2.67. The van der Waals surface area contributed by atoms with Crippen LogP contribution in [-0.2, 0) is 9.59 Å². The van der Waals surface area contributed by atoms with Crippen molar-refractivity contribution in [2.75, 3.05) is 4.90 Å². The smallest absolute Gasteiger partial charge is 0.250 e. The highest BCUT2D eigenvalue weighted by atomic mass is 19.1. The third-order valence-electron chi connectivity index (χ3n) is 3.13. The summed E-state index contributed by atoms with van der Waals surface area (Å²) in [7, 11) is 0. The number of halogens is 1. The van der Waals surface area contributed by atoms with Crippen LogP contribution in [0.1, 0.15) is 20.3 Å². The Morgan fingerprint density at radius 2 is 1.89 bits per heavy atom. The zero-order chi connectivity index (χ0) is 13.3. The number of piperazine rings is 1. The van der Waals surface area contributed by atoms with Crippen molar-refractivity contribution in [1.82, 2.24) is 5.32 Å². The van der Waals surface area contributed by atoms with E-state index in [0.717, 1.165) is 0 Å². The predicted octanol–water partition coefficient (Wildman–Crippen LogP) is 1.46. The van der Waals surface area contributed by atoms with Gasteiger partial charge in [-0.05, 0) is 37.6 Å². The van der Waals surface area contributed by atoms with Gasteiger partial charge in [0.25, 0.3) is 0 Å². The minimum absolute atomic E-state index is 0.156. The zero-order valence-electron chi connectivity index (χ0n) is 10.3. The first kappa shape index (κ1) is 12.5. The molecule has 1 aromatic rings. The van der Waals surface area contributed by atoms with E-state index < -0.39 is 12.1 Å².